The van der Waals surface area contributed by atoms with Gasteiger partial charge in [-0.05, 0) is 17.1 Å². The van der Waals surface area contributed by atoms with Gasteiger partial charge in [-0.3, -0.25) is 4.79 Å². The Bertz CT molecular complexity index is 369. The summed E-state index contributed by atoms with van der Waals surface area (Å²) in [5, 5.41) is 9.50. The molecule has 66 valence electrons. The van der Waals surface area contributed by atoms with E-state index in [2.05, 4.69) is 0 Å². The van der Waals surface area contributed by atoms with E-state index < -0.39 is 12.1 Å². The second kappa shape index (κ2) is 3.08. The van der Waals surface area contributed by atoms with Gasteiger partial charge >= 0.3 is 6.19 Å². The lowest BCUT2D eigenvalue weighted by atomic mass is 9.82. The molecule has 0 atom stereocenters. The molecular formula is C8H8BNO2S. The summed E-state index contributed by atoms with van der Waals surface area (Å²) in [5.41, 5.74) is 7.49. The minimum Gasteiger partial charge on any atom is -0.438 e. The van der Waals surface area contributed by atoms with Crippen LogP contribution in [0, 0.1) is 0 Å². The van der Waals surface area contributed by atoms with Crippen molar-refractivity contribution in [2.45, 2.75) is 5.75 Å². The van der Waals surface area contributed by atoms with Crippen LogP contribution in [0.15, 0.2) is 18.2 Å². The Morgan fingerprint density at radius 2 is 2.38 bits per heavy atom. The van der Waals surface area contributed by atoms with Gasteiger partial charge in [0.25, 0.3) is 0 Å². The van der Waals surface area contributed by atoms with E-state index in [4.69, 9.17) is 5.73 Å². The number of carbonyl (C=O) groups is 1. The molecule has 1 aromatic rings. The molecule has 1 amide bonds. The molecule has 3 nitrogen and oxygen atoms in total. The van der Waals surface area contributed by atoms with Crippen LogP contribution in [0.5, 0.6) is 0 Å². The lowest BCUT2D eigenvalue weighted by Crippen LogP contribution is -2.26. The average Bonchev–Trinajstić information content (AvgIpc) is 2.47. The molecule has 0 saturated carbocycles. The molecule has 0 aromatic heterocycles. The van der Waals surface area contributed by atoms with Crippen molar-refractivity contribution in [2.75, 3.05) is 0 Å². The fourth-order valence-electron chi connectivity index (χ4n) is 1.37. The molecule has 2 rings (SSSR count). The predicted octanol–water partition coefficient (Wildman–Crippen LogP) is -0.280. The van der Waals surface area contributed by atoms with Gasteiger partial charge in [-0.1, -0.05) is 12.1 Å². The van der Waals surface area contributed by atoms with E-state index in [9.17, 15) is 9.82 Å². The van der Waals surface area contributed by atoms with Crippen molar-refractivity contribution in [1.82, 2.24) is 0 Å². The Morgan fingerprint density at radius 3 is 3.08 bits per heavy atom. The number of hydrogen-bond donors (Lipinski definition) is 2. The number of benzene rings is 1. The molecule has 0 spiro atoms. The number of fused-ring (bicyclic) bond motifs is 1. The van der Waals surface area contributed by atoms with Crippen molar-refractivity contribution in [3.8, 4) is 0 Å². The molecule has 0 saturated heterocycles. The number of primary amides is 1. The van der Waals surface area contributed by atoms with Crippen molar-refractivity contribution in [3.63, 3.8) is 0 Å². The van der Waals surface area contributed by atoms with Gasteiger partial charge in [0.2, 0.25) is 5.91 Å². The molecule has 13 heavy (non-hydrogen) atoms. The Hall–Kier alpha value is -0.935. The fourth-order valence-corrected chi connectivity index (χ4v) is 2.37. The summed E-state index contributed by atoms with van der Waals surface area (Å²) in [6.45, 7) is 0. The molecule has 0 unspecified atom stereocenters. The van der Waals surface area contributed by atoms with E-state index in [-0.39, 0.29) is 0 Å². The lowest BCUT2D eigenvalue weighted by molar-refractivity contribution is 0.100. The van der Waals surface area contributed by atoms with E-state index >= 15 is 0 Å². The molecule has 0 radical (unpaired) electrons. The fraction of sp³-hybridized carbons (Fsp3) is 0.125. The van der Waals surface area contributed by atoms with Crippen LogP contribution < -0.4 is 11.2 Å². The van der Waals surface area contributed by atoms with Crippen molar-refractivity contribution in [2.24, 2.45) is 5.73 Å². The summed E-state index contributed by atoms with van der Waals surface area (Å²) in [7, 11) is 0. The van der Waals surface area contributed by atoms with Crippen LogP contribution in [0.4, 0.5) is 0 Å². The highest BCUT2D eigenvalue weighted by atomic mass is 32.2. The minimum atomic E-state index is -0.505. The van der Waals surface area contributed by atoms with Gasteiger partial charge in [0.15, 0.2) is 0 Å². The number of rotatable bonds is 1. The molecule has 1 aliphatic heterocycles. The minimum absolute atomic E-state index is 0.452. The van der Waals surface area contributed by atoms with Crippen LogP contribution in [-0.4, -0.2) is 17.1 Å². The smallest absolute Gasteiger partial charge is 0.394 e. The summed E-state index contributed by atoms with van der Waals surface area (Å²) in [5.74, 6) is 0.349. The highest BCUT2D eigenvalue weighted by Gasteiger charge is 2.26. The van der Waals surface area contributed by atoms with Crippen LogP contribution in [0.25, 0.3) is 0 Å². The van der Waals surface area contributed by atoms with Crippen LogP contribution in [0.2, 0.25) is 0 Å². The third-order valence-electron chi connectivity index (χ3n) is 2.09. The first kappa shape index (κ1) is 8.65. The summed E-state index contributed by atoms with van der Waals surface area (Å²) in [6.07, 6.45) is -0.505. The number of amides is 1. The Balaban J connectivity index is 2.47. The summed E-state index contributed by atoms with van der Waals surface area (Å²) < 4.78 is 0. The van der Waals surface area contributed by atoms with Gasteiger partial charge in [-0.15, -0.1) is 0 Å². The molecule has 1 aliphatic rings. The van der Waals surface area contributed by atoms with Gasteiger partial charge in [-0.25, -0.2) is 0 Å². The summed E-state index contributed by atoms with van der Waals surface area (Å²) in [4.78, 5) is 10.8. The van der Waals surface area contributed by atoms with E-state index in [0.29, 0.717) is 5.56 Å². The van der Waals surface area contributed by atoms with Crippen LogP contribution >= 0.6 is 11.6 Å². The average molecular weight is 193 g/mol. The molecule has 0 bridgehead atoms. The first-order valence-corrected chi connectivity index (χ1v) is 4.95. The van der Waals surface area contributed by atoms with Crippen molar-refractivity contribution < 1.29 is 9.82 Å². The summed E-state index contributed by atoms with van der Waals surface area (Å²) in [6, 6.07) is 5.21. The number of carbonyl (C=O) groups excluding carboxylic acids is 1. The second-order valence-corrected chi connectivity index (χ2v) is 4.01. The first-order valence-electron chi connectivity index (χ1n) is 3.91. The van der Waals surface area contributed by atoms with Crippen LogP contribution in [0.3, 0.4) is 0 Å². The van der Waals surface area contributed by atoms with Gasteiger partial charge in [0, 0.05) is 11.3 Å². The van der Waals surface area contributed by atoms with Gasteiger partial charge < -0.3 is 10.8 Å². The molecule has 5 heteroatoms. The SMILES string of the molecule is NC(=O)c1ccc2c(c1)B(O)SC2. The molecule has 1 heterocycles. The van der Waals surface area contributed by atoms with E-state index in [1.54, 1.807) is 12.1 Å². The zero-order valence-corrected chi connectivity index (χ0v) is 7.67. The topological polar surface area (TPSA) is 63.3 Å². The van der Waals surface area contributed by atoms with E-state index in [0.717, 1.165) is 16.8 Å². The van der Waals surface area contributed by atoms with Crippen molar-refractivity contribution in [1.29, 1.82) is 0 Å². The lowest BCUT2D eigenvalue weighted by Gasteiger charge is -2.01. The van der Waals surface area contributed by atoms with E-state index in [1.165, 1.54) is 11.6 Å². The van der Waals surface area contributed by atoms with Crippen molar-refractivity contribution >= 4 is 29.2 Å². The normalized spacial score (nSPS) is 14.4. The maximum Gasteiger partial charge on any atom is 0.394 e. The molecule has 0 aliphatic carbocycles. The predicted molar refractivity (Wildman–Crippen MR) is 53.9 cm³/mol. The third kappa shape index (κ3) is 1.45. The van der Waals surface area contributed by atoms with Gasteiger partial charge in [0.1, 0.15) is 0 Å². The van der Waals surface area contributed by atoms with Crippen molar-refractivity contribution in [3.05, 3.63) is 29.3 Å². The number of nitrogens with two attached hydrogens (primary N) is 1. The quantitative estimate of drug-likeness (QED) is 0.603. The molecule has 3 N–H and O–H groups in total. The zero-order chi connectivity index (χ0) is 9.42. The Kier molecular flexibility index (Phi) is 2.05. The van der Waals surface area contributed by atoms with Gasteiger partial charge in [0.05, 0.1) is 0 Å². The first-order chi connectivity index (χ1) is 6.18. The largest absolute Gasteiger partial charge is 0.438 e. The van der Waals surface area contributed by atoms with E-state index in [1.807, 2.05) is 6.07 Å². The highest BCUT2D eigenvalue weighted by molar-refractivity contribution is 8.25. The zero-order valence-electron chi connectivity index (χ0n) is 6.86. The Morgan fingerprint density at radius 1 is 1.62 bits per heavy atom. The Labute approximate surface area is 80.3 Å². The third-order valence-corrected chi connectivity index (χ3v) is 3.14. The summed E-state index contributed by atoms with van der Waals surface area (Å²) >= 11 is 1.45. The van der Waals surface area contributed by atoms with Crippen LogP contribution in [-0.2, 0) is 5.75 Å². The van der Waals surface area contributed by atoms with Crippen LogP contribution in [0.1, 0.15) is 15.9 Å². The molecule has 1 aromatic carbocycles. The number of hydrogen-bond acceptors (Lipinski definition) is 3. The monoisotopic (exact) mass is 193 g/mol. The maximum absolute atomic E-state index is 10.8. The second-order valence-electron chi connectivity index (χ2n) is 2.94. The molecule has 0 fully saturated rings. The van der Waals surface area contributed by atoms with Gasteiger partial charge in [-0.2, -0.15) is 11.6 Å². The maximum atomic E-state index is 10.8. The standard InChI is InChI=1S/C8H8BNO2S/c10-8(11)5-1-2-6-4-13-9(12)7(6)3-5/h1-3,12H,4H2,(H2,10,11). The molecular weight excluding hydrogens is 185 g/mol. The highest BCUT2D eigenvalue weighted by Crippen LogP contribution is 2.21.